The fourth-order valence-electron chi connectivity index (χ4n) is 3.58. The number of carbonyl (C=O) groups is 1. The second kappa shape index (κ2) is 12.0. The molecule has 3 rings (SSSR count). The molecule has 1 aromatic heterocycles. The summed E-state index contributed by atoms with van der Waals surface area (Å²) in [6, 6.07) is 16.8. The summed E-state index contributed by atoms with van der Waals surface area (Å²) in [6.45, 7) is 3.84. The molecule has 0 saturated carbocycles. The van der Waals surface area contributed by atoms with Gasteiger partial charge in [0.25, 0.3) is 0 Å². The molecule has 0 radical (unpaired) electrons. The number of carbonyl (C=O) groups excluding carboxylic acids is 1. The lowest BCUT2D eigenvalue weighted by Crippen LogP contribution is -2.44. The van der Waals surface area contributed by atoms with Crippen LogP contribution in [-0.4, -0.2) is 36.6 Å². The van der Waals surface area contributed by atoms with Gasteiger partial charge in [-0.3, -0.25) is 4.79 Å². The molecule has 5 nitrogen and oxygen atoms in total. The summed E-state index contributed by atoms with van der Waals surface area (Å²) in [5.74, 6) is -0.524. The van der Waals surface area contributed by atoms with Gasteiger partial charge < -0.3 is 4.90 Å². The van der Waals surface area contributed by atoms with E-state index in [1.54, 1.807) is 4.90 Å². The number of benzene rings is 2. The minimum atomic E-state index is -4.68. The third-order valence-electron chi connectivity index (χ3n) is 5.82. The van der Waals surface area contributed by atoms with E-state index in [4.69, 9.17) is 0 Å². The van der Waals surface area contributed by atoms with Gasteiger partial charge in [0.05, 0.1) is 23.5 Å². The van der Waals surface area contributed by atoms with Gasteiger partial charge >= 0.3 is 6.18 Å². The van der Waals surface area contributed by atoms with Crippen molar-refractivity contribution in [1.82, 2.24) is 9.21 Å². The van der Waals surface area contributed by atoms with Gasteiger partial charge in [-0.05, 0) is 41.1 Å². The molecule has 0 aliphatic heterocycles. The number of thiophene rings is 1. The van der Waals surface area contributed by atoms with Crippen LogP contribution in [0.2, 0.25) is 0 Å². The van der Waals surface area contributed by atoms with E-state index in [1.165, 1.54) is 11.3 Å². The van der Waals surface area contributed by atoms with Gasteiger partial charge in [0.1, 0.15) is 0 Å². The van der Waals surface area contributed by atoms with Gasteiger partial charge in [-0.25, -0.2) is 8.42 Å². The highest BCUT2D eigenvalue weighted by Gasteiger charge is 2.34. The van der Waals surface area contributed by atoms with Crippen LogP contribution in [0.3, 0.4) is 0 Å². The SMILES string of the molecule is CCC(C)CN(CC(=O)N(Cc1ccccc1)Cc1cccs1)S(=O)(=O)c1cccc(C(F)(F)F)c1. The number of halogens is 3. The molecule has 0 bridgehead atoms. The molecular weight excluding hydrogens is 509 g/mol. The maximum atomic E-state index is 13.5. The molecule has 0 aliphatic rings. The second-order valence-corrected chi connectivity index (χ2v) is 11.6. The van der Waals surface area contributed by atoms with E-state index in [-0.39, 0.29) is 19.0 Å². The molecule has 3 aromatic rings. The first kappa shape index (κ1) is 27.9. The van der Waals surface area contributed by atoms with Crippen molar-refractivity contribution in [2.45, 2.75) is 44.4 Å². The Labute approximate surface area is 214 Å². The van der Waals surface area contributed by atoms with Crippen molar-refractivity contribution >= 4 is 27.3 Å². The largest absolute Gasteiger partial charge is 0.416 e. The number of sulfonamides is 1. The van der Waals surface area contributed by atoms with Crippen LogP contribution >= 0.6 is 11.3 Å². The lowest BCUT2D eigenvalue weighted by Gasteiger charge is -2.29. The number of rotatable bonds is 11. The van der Waals surface area contributed by atoms with E-state index >= 15 is 0 Å². The fourth-order valence-corrected chi connectivity index (χ4v) is 5.86. The maximum Gasteiger partial charge on any atom is 0.416 e. The fraction of sp³-hybridized carbons (Fsp3) is 0.346. The predicted molar refractivity (Wildman–Crippen MR) is 135 cm³/mol. The molecule has 0 spiro atoms. The van der Waals surface area contributed by atoms with Crippen molar-refractivity contribution in [3.8, 4) is 0 Å². The molecule has 1 amide bonds. The number of hydrogen-bond donors (Lipinski definition) is 0. The Morgan fingerprint density at radius 2 is 1.72 bits per heavy atom. The van der Waals surface area contributed by atoms with Crippen molar-refractivity contribution in [2.24, 2.45) is 5.92 Å². The van der Waals surface area contributed by atoms with Gasteiger partial charge in [-0.15, -0.1) is 11.3 Å². The van der Waals surface area contributed by atoms with Gasteiger partial charge in [-0.2, -0.15) is 17.5 Å². The van der Waals surface area contributed by atoms with Gasteiger partial charge in [0, 0.05) is 18.0 Å². The Kier molecular flexibility index (Phi) is 9.32. The minimum absolute atomic E-state index is 0.0129. The highest BCUT2D eigenvalue weighted by molar-refractivity contribution is 7.89. The summed E-state index contributed by atoms with van der Waals surface area (Å²) in [7, 11) is -4.36. The van der Waals surface area contributed by atoms with Crippen molar-refractivity contribution in [2.75, 3.05) is 13.1 Å². The highest BCUT2D eigenvalue weighted by atomic mass is 32.2. The maximum absolute atomic E-state index is 13.5. The molecule has 10 heteroatoms. The average Bonchev–Trinajstić information content (AvgIpc) is 3.36. The summed E-state index contributed by atoms with van der Waals surface area (Å²) in [5, 5.41) is 1.90. The van der Waals surface area contributed by atoms with E-state index < -0.39 is 39.1 Å². The summed E-state index contributed by atoms with van der Waals surface area (Å²) in [5.41, 5.74) is -0.168. The first-order valence-corrected chi connectivity index (χ1v) is 13.8. The number of hydrogen-bond acceptors (Lipinski definition) is 4. The topological polar surface area (TPSA) is 57.7 Å². The van der Waals surface area contributed by atoms with E-state index in [0.717, 1.165) is 32.9 Å². The van der Waals surface area contributed by atoms with Crippen molar-refractivity contribution < 1.29 is 26.4 Å². The normalized spacial score (nSPS) is 13.1. The number of nitrogens with zero attached hydrogens (tertiary/aromatic N) is 2. The Hall–Kier alpha value is -2.69. The van der Waals surface area contributed by atoms with Crippen molar-refractivity contribution in [3.63, 3.8) is 0 Å². The van der Waals surface area contributed by atoms with Crippen molar-refractivity contribution in [3.05, 3.63) is 88.1 Å². The van der Waals surface area contributed by atoms with E-state index in [1.807, 2.05) is 61.7 Å². The third kappa shape index (κ3) is 7.41. The average molecular weight is 539 g/mol. The monoisotopic (exact) mass is 538 g/mol. The first-order chi connectivity index (χ1) is 17.0. The molecule has 194 valence electrons. The lowest BCUT2D eigenvalue weighted by molar-refractivity contribution is -0.137. The standard InChI is InChI=1S/C26H29F3N2O3S2/c1-3-20(2)16-31(36(33,34)24-13-7-11-22(15-24)26(27,28)29)19-25(32)30(18-23-12-8-14-35-23)17-21-9-5-4-6-10-21/h4-15,20H,3,16-19H2,1-2H3. The molecule has 1 atom stereocenters. The summed E-state index contributed by atoms with van der Waals surface area (Å²) in [4.78, 5) is 15.5. The number of amides is 1. The third-order valence-corrected chi connectivity index (χ3v) is 8.49. The van der Waals surface area contributed by atoms with Crippen LogP contribution < -0.4 is 0 Å². The molecule has 0 N–H and O–H groups in total. The smallest absolute Gasteiger partial charge is 0.332 e. The lowest BCUT2D eigenvalue weighted by atomic mass is 10.1. The molecule has 1 heterocycles. The molecule has 0 saturated heterocycles. The molecule has 0 aliphatic carbocycles. The zero-order valence-corrected chi connectivity index (χ0v) is 21.7. The zero-order chi connectivity index (χ0) is 26.3. The van der Waals surface area contributed by atoms with Crippen LogP contribution in [0.5, 0.6) is 0 Å². The Morgan fingerprint density at radius 3 is 2.33 bits per heavy atom. The van der Waals surface area contributed by atoms with E-state index in [2.05, 4.69) is 0 Å². The molecule has 1 unspecified atom stereocenters. The Balaban J connectivity index is 1.92. The Morgan fingerprint density at radius 1 is 1.00 bits per heavy atom. The summed E-state index contributed by atoms with van der Waals surface area (Å²) in [6.07, 6.45) is -4.04. The zero-order valence-electron chi connectivity index (χ0n) is 20.1. The molecule has 36 heavy (non-hydrogen) atoms. The minimum Gasteiger partial charge on any atom is -0.332 e. The van der Waals surface area contributed by atoms with Crippen LogP contribution in [-0.2, 0) is 34.1 Å². The highest BCUT2D eigenvalue weighted by Crippen LogP contribution is 2.31. The number of alkyl halides is 3. The van der Waals surface area contributed by atoms with Crippen LogP contribution in [0.15, 0.2) is 77.0 Å². The predicted octanol–water partition coefficient (Wildman–Crippen LogP) is 6.03. The van der Waals surface area contributed by atoms with Crippen LogP contribution in [0.25, 0.3) is 0 Å². The van der Waals surface area contributed by atoms with Crippen LogP contribution in [0.4, 0.5) is 13.2 Å². The quantitative estimate of drug-likeness (QED) is 0.299. The van der Waals surface area contributed by atoms with E-state index in [9.17, 15) is 26.4 Å². The van der Waals surface area contributed by atoms with Gasteiger partial charge in [0.2, 0.25) is 15.9 Å². The summed E-state index contributed by atoms with van der Waals surface area (Å²) >= 11 is 1.49. The molecule has 0 fully saturated rings. The van der Waals surface area contributed by atoms with Gasteiger partial charge in [0.15, 0.2) is 0 Å². The second-order valence-electron chi connectivity index (χ2n) is 8.65. The van der Waals surface area contributed by atoms with Crippen molar-refractivity contribution in [1.29, 1.82) is 0 Å². The summed E-state index contributed by atoms with van der Waals surface area (Å²) < 4.78 is 67.7. The Bertz CT molecular complexity index is 1230. The molecular formula is C26H29F3N2O3S2. The van der Waals surface area contributed by atoms with Gasteiger partial charge in [-0.1, -0.05) is 62.7 Å². The van der Waals surface area contributed by atoms with E-state index in [0.29, 0.717) is 19.0 Å². The van der Waals surface area contributed by atoms with Crippen LogP contribution in [0.1, 0.15) is 36.3 Å². The van der Waals surface area contributed by atoms with Crippen LogP contribution in [0, 0.1) is 5.92 Å². The first-order valence-electron chi connectivity index (χ1n) is 11.5. The molecule has 2 aromatic carbocycles.